The second kappa shape index (κ2) is 13.5. The number of rotatable bonds is 13. The highest BCUT2D eigenvalue weighted by atomic mass is 35.5. The highest BCUT2D eigenvalue weighted by molar-refractivity contribution is 5.85. The van der Waals surface area contributed by atoms with E-state index in [0.717, 1.165) is 44.5 Å². The van der Waals surface area contributed by atoms with Gasteiger partial charge in [-0.1, -0.05) is 58.1 Å². The van der Waals surface area contributed by atoms with Crippen molar-refractivity contribution in [1.82, 2.24) is 0 Å². The number of hydrogen-bond donors (Lipinski definition) is 2. The van der Waals surface area contributed by atoms with Crippen LogP contribution in [0.2, 0.25) is 0 Å². The van der Waals surface area contributed by atoms with Gasteiger partial charge in [0.2, 0.25) is 0 Å². The zero-order valence-electron chi connectivity index (χ0n) is 15.4. The van der Waals surface area contributed by atoms with Crippen LogP contribution in [0, 0.1) is 0 Å². The molecule has 1 atom stereocenters. The molecule has 0 aromatic heterocycles. The van der Waals surface area contributed by atoms with Crippen LogP contribution < -0.4 is 10.5 Å². The number of aliphatic hydroxyl groups is 1. The molecule has 1 aromatic carbocycles. The summed E-state index contributed by atoms with van der Waals surface area (Å²) in [5.74, 6) is 0.943. The fraction of sp³-hybridized carbons (Fsp3) is 0.700. The van der Waals surface area contributed by atoms with E-state index in [4.69, 9.17) is 10.5 Å². The first-order valence-corrected chi connectivity index (χ1v) is 9.25. The number of unbranched alkanes of at least 4 members (excludes halogenated alkanes) is 4. The number of halogens is 1. The van der Waals surface area contributed by atoms with Gasteiger partial charge >= 0.3 is 0 Å². The van der Waals surface area contributed by atoms with Gasteiger partial charge in [-0.05, 0) is 43.4 Å². The number of nitrogens with two attached hydrogens (primary N) is 1. The molecule has 3 N–H and O–H groups in total. The molecule has 140 valence electrons. The monoisotopic (exact) mass is 357 g/mol. The molecule has 0 radical (unpaired) electrons. The second-order valence-electron chi connectivity index (χ2n) is 6.68. The van der Waals surface area contributed by atoms with Crippen molar-refractivity contribution in [3.8, 4) is 5.75 Å². The van der Waals surface area contributed by atoms with E-state index in [2.05, 4.69) is 26.0 Å². The standard InChI is InChI=1S/C20H35NO2.ClH/c1-3-5-6-7-8-16-23-19-11-9-18(10-12-19)13-15-20(21,17-22)14-4-2;/h9-12,22H,3-8,13-17,21H2,1-2H3;1H/t20-;/m0./s1. The van der Waals surface area contributed by atoms with E-state index in [1.54, 1.807) is 0 Å². The van der Waals surface area contributed by atoms with Crippen molar-refractivity contribution in [3.63, 3.8) is 0 Å². The van der Waals surface area contributed by atoms with Crippen LogP contribution in [0.3, 0.4) is 0 Å². The lowest BCUT2D eigenvalue weighted by molar-refractivity contribution is 0.177. The molecule has 0 heterocycles. The normalized spacial score (nSPS) is 13.2. The average Bonchev–Trinajstić information content (AvgIpc) is 2.57. The molecule has 0 unspecified atom stereocenters. The highest BCUT2D eigenvalue weighted by Gasteiger charge is 2.22. The van der Waals surface area contributed by atoms with E-state index in [1.807, 2.05) is 12.1 Å². The molecule has 0 spiro atoms. The molecule has 0 amide bonds. The van der Waals surface area contributed by atoms with Gasteiger partial charge in [0.05, 0.1) is 13.2 Å². The van der Waals surface area contributed by atoms with Gasteiger partial charge in [-0.25, -0.2) is 0 Å². The fourth-order valence-electron chi connectivity index (χ4n) is 2.82. The summed E-state index contributed by atoms with van der Waals surface area (Å²) in [6.07, 6.45) is 9.87. The summed E-state index contributed by atoms with van der Waals surface area (Å²) in [7, 11) is 0. The maximum atomic E-state index is 9.47. The Morgan fingerprint density at radius 3 is 2.21 bits per heavy atom. The molecule has 0 bridgehead atoms. The molecule has 0 saturated heterocycles. The number of aryl methyl sites for hydroxylation is 1. The van der Waals surface area contributed by atoms with Crippen LogP contribution >= 0.6 is 12.4 Å². The molecule has 0 aliphatic heterocycles. The quantitative estimate of drug-likeness (QED) is 0.494. The van der Waals surface area contributed by atoms with Gasteiger partial charge in [0.15, 0.2) is 0 Å². The predicted octanol–water partition coefficient (Wildman–Crippen LogP) is 4.88. The number of aliphatic hydroxyl groups excluding tert-OH is 1. The first kappa shape index (κ1) is 23.2. The van der Waals surface area contributed by atoms with Crippen molar-refractivity contribution < 1.29 is 9.84 Å². The summed E-state index contributed by atoms with van der Waals surface area (Å²) in [5, 5.41) is 9.47. The first-order valence-electron chi connectivity index (χ1n) is 9.25. The van der Waals surface area contributed by atoms with Crippen molar-refractivity contribution in [2.75, 3.05) is 13.2 Å². The van der Waals surface area contributed by atoms with Crippen LogP contribution in [0.5, 0.6) is 5.75 Å². The molecule has 4 heteroatoms. The minimum absolute atomic E-state index is 0. The van der Waals surface area contributed by atoms with Gasteiger partial charge in [0.1, 0.15) is 5.75 Å². The van der Waals surface area contributed by atoms with Crippen LogP contribution in [0.4, 0.5) is 0 Å². The lowest BCUT2D eigenvalue weighted by Gasteiger charge is -2.26. The summed E-state index contributed by atoms with van der Waals surface area (Å²) >= 11 is 0. The second-order valence-corrected chi connectivity index (χ2v) is 6.68. The zero-order valence-corrected chi connectivity index (χ0v) is 16.2. The number of benzene rings is 1. The molecule has 0 aliphatic carbocycles. The first-order chi connectivity index (χ1) is 11.1. The minimum atomic E-state index is -0.442. The summed E-state index contributed by atoms with van der Waals surface area (Å²) in [6.45, 7) is 5.19. The van der Waals surface area contributed by atoms with E-state index >= 15 is 0 Å². The third kappa shape index (κ3) is 9.51. The molecular weight excluding hydrogens is 322 g/mol. The van der Waals surface area contributed by atoms with Gasteiger partial charge in [-0.15, -0.1) is 12.4 Å². The zero-order chi connectivity index (χ0) is 17.0. The van der Waals surface area contributed by atoms with Gasteiger partial charge < -0.3 is 15.6 Å². The van der Waals surface area contributed by atoms with Crippen molar-refractivity contribution >= 4 is 12.4 Å². The molecule has 0 fully saturated rings. The van der Waals surface area contributed by atoms with E-state index < -0.39 is 5.54 Å². The summed E-state index contributed by atoms with van der Waals surface area (Å²) in [6, 6.07) is 8.29. The van der Waals surface area contributed by atoms with Crippen LogP contribution in [-0.2, 0) is 6.42 Å². The lowest BCUT2D eigenvalue weighted by Crippen LogP contribution is -2.43. The average molecular weight is 358 g/mol. The Hall–Kier alpha value is -0.770. The van der Waals surface area contributed by atoms with Crippen molar-refractivity contribution in [3.05, 3.63) is 29.8 Å². The molecule has 1 aromatic rings. The third-order valence-corrected chi connectivity index (χ3v) is 4.41. The molecule has 0 aliphatic rings. The molecular formula is C20H36ClNO2. The molecule has 0 saturated carbocycles. The van der Waals surface area contributed by atoms with Crippen LogP contribution in [-0.4, -0.2) is 23.9 Å². The van der Waals surface area contributed by atoms with Gasteiger partial charge in [0.25, 0.3) is 0 Å². The van der Waals surface area contributed by atoms with Gasteiger partial charge in [-0.2, -0.15) is 0 Å². The SMILES string of the molecule is CCCCCCCOc1ccc(CC[C@](N)(CO)CCC)cc1.Cl. The van der Waals surface area contributed by atoms with E-state index in [0.29, 0.717) is 0 Å². The molecule has 24 heavy (non-hydrogen) atoms. The topological polar surface area (TPSA) is 55.5 Å². The third-order valence-electron chi connectivity index (χ3n) is 4.41. The van der Waals surface area contributed by atoms with Crippen LogP contribution in [0.1, 0.15) is 70.8 Å². The van der Waals surface area contributed by atoms with Gasteiger partial charge in [-0.3, -0.25) is 0 Å². The highest BCUT2D eigenvalue weighted by Crippen LogP contribution is 2.19. The van der Waals surface area contributed by atoms with E-state index in [9.17, 15) is 5.11 Å². The predicted molar refractivity (Wildman–Crippen MR) is 105 cm³/mol. The largest absolute Gasteiger partial charge is 0.494 e. The Labute approximate surface area is 154 Å². The number of ether oxygens (including phenoxy) is 1. The van der Waals surface area contributed by atoms with E-state index in [-0.39, 0.29) is 19.0 Å². The Bertz CT molecular complexity index is 411. The summed E-state index contributed by atoms with van der Waals surface area (Å²) in [5.41, 5.74) is 7.03. The smallest absolute Gasteiger partial charge is 0.119 e. The lowest BCUT2D eigenvalue weighted by atomic mass is 9.89. The summed E-state index contributed by atoms with van der Waals surface area (Å²) < 4.78 is 5.78. The van der Waals surface area contributed by atoms with Crippen molar-refractivity contribution in [2.45, 2.75) is 77.2 Å². The maximum absolute atomic E-state index is 9.47. The number of hydrogen-bond acceptors (Lipinski definition) is 3. The maximum Gasteiger partial charge on any atom is 0.119 e. The van der Waals surface area contributed by atoms with E-state index in [1.165, 1.54) is 31.2 Å². The summed E-state index contributed by atoms with van der Waals surface area (Å²) in [4.78, 5) is 0. The fourth-order valence-corrected chi connectivity index (χ4v) is 2.82. The van der Waals surface area contributed by atoms with Gasteiger partial charge in [0, 0.05) is 5.54 Å². The molecule has 1 rings (SSSR count). The molecule has 3 nitrogen and oxygen atoms in total. The Morgan fingerprint density at radius 1 is 0.958 bits per heavy atom. The Morgan fingerprint density at radius 2 is 1.62 bits per heavy atom. The van der Waals surface area contributed by atoms with Crippen molar-refractivity contribution in [1.29, 1.82) is 0 Å². The Kier molecular flexibility index (Phi) is 13.1. The van der Waals surface area contributed by atoms with Crippen molar-refractivity contribution in [2.24, 2.45) is 5.73 Å². The Balaban J connectivity index is 0.00000529. The van der Waals surface area contributed by atoms with Crippen LogP contribution in [0.15, 0.2) is 24.3 Å². The van der Waals surface area contributed by atoms with Crippen LogP contribution in [0.25, 0.3) is 0 Å². The minimum Gasteiger partial charge on any atom is -0.494 e.